The van der Waals surface area contributed by atoms with Crippen LogP contribution in [0.5, 0.6) is 0 Å². The molecule has 3 fully saturated rings. The Morgan fingerprint density at radius 1 is 1.24 bits per heavy atom. The molecule has 2 unspecified atom stereocenters. The number of likely N-dealkylation sites (tertiary alicyclic amines) is 1. The Balaban J connectivity index is 1.76. The molecule has 0 saturated carbocycles. The van der Waals surface area contributed by atoms with Crippen LogP contribution in [0.2, 0.25) is 0 Å². The molecule has 3 saturated heterocycles. The molecule has 34 heavy (non-hydrogen) atoms. The van der Waals surface area contributed by atoms with Crippen LogP contribution in [0.4, 0.5) is 5.69 Å². The first-order valence-corrected chi connectivity index (χ1v) is 12.4. The van der Waals surface area contributed by atoms with Crippen LogP contribution in [-0.4, -0.2) is 64.7 Å². The Kier molecular flexibility index (Phi) is 6.75. The molecule has 3 N–H and O–H groups in total. The van der Waals surface area contributed by atoms with Crippen LogP contribution in [0.25, 0.3) is 0 Å². The van der Waals surface area contributed by atoms with E-state index in [0.29, 0.717) is 19.4 Å². The molecule has 4 rings (SSSR count). The molecule has 2 bridgehead atoms. The molecular formula is C26H37N3O5. The van der Waals surface area contributed by atoms with Crippen molar-refractivity contribution in [2.45, 2.75) is 77.7 Å². The number of aliphatic hydroxyl groups excluding tert-OH is 1. The van der Waals surface area contributed by atoms with E-state index in [9.17, 15) is 19.5 Å². The van der Waals surface area contributed by atoms with Crippen molar-refractivity contribution < 1.29 is 24.2 Å². The standard InChI is InChI=1S/C26H37N3O5/c1-6-12-27-23(31)19-18-10-11-26(34-18)20(19)25(33)29(17(13-30)14(2)3)22(26)24(32)28-21-15(4)8-7-9-16(21)5/h7-9,14,17-20,22,30H,6,10-13H2,1-5H3,(H,27,31)(H,28,32)/t17-,18+,19-,20-,22?,26?/m0/s1. The number of anilines is 1. The summed E-state index contributed by atoms with van der Waals surface area (Å²) in [6, 6.07) is 4.32. The molecule has 0 aromatic heterocycles. The zero-order valence-electron chi connectivity index (χ0n) is 20.8. The predicted octanol–water partition coefficient (Wildman–Crippen LogP) is 2.16. The summed E-state index contributed by atoms with van der Waals surface area (Å²) in [6.45, 7) is 9.94. The topological polar surface area (TPSA) is 108 Å². The summed E-state index contributed by atoms with van der Waals surface area (Å²) in [6.07, 6.45) is 1.57. The molecule has 6 atom stereocenters. The molecule has 3 heterocycles. The molecule has 1 spiro atoms. The maximum atomic E-state index is 13.9. The normalized spacial score (nSPS) is 30.6. The van der Waals surface area contributed by atoms with Gasteiger partial charge in [0.2, 0.25) is 17.7 Å². The van der Waals surface area contributed by atoms with E-state index in [2.05, 4.69) is 10.6 Å². The lowest BCUT2D eigenvalue weighted by Gasteiger charge is -2.38. The van der Waals surface area contributed by atoms with Gasteiger partial charge in [0.15, 0.2) is 0 Å². The third kappa shape index (κ3) is 3.71. The highest BCUT2D eigenvalue weighted by Gasteiger charge is 2.75. The zero-order valence-corrected chi connectivity index (χ0v) is 20.8. The number of amides is 3. The summed E-state index contributed by atoms with van der Waals surface area (Å²) < 4.78 is 6.44. The van der Waals surface area contributed by atoms with E-state index in [1.54, 1.807) is 0 Å². The highest BCUT2D eigenvalue weighted by molar-refractivity contribution is 6.04. The van der Waals surface area contributed by atoms with Gasteiger partial charge in [0, 0.05) is 12.2 Å². The number of fused-ring (bicyclic) bond motifs is 1. The van der Waals surface area contributed by atoms with Crippen LogP contribution in [0.1, 0.15) is 51.2 Å². The van der Waals surface area contributed by atoms with Gasteiger partial charge in [-0.05, 0) is 50.2 Å². The second-order valence-corrected chi connectivity index (χ2v) is 10.3. The van der Waals surface area contributed by atoms with Crippen LogP contribution in [0, 0.1) is 31.6 Å². The van der Waals surface area contributed by atoms with Crippen LogP contribution in [0.3, 0.4) is 0 Å². The third-order valence-electron chi connectivity index (χ3n) is 7.88. The lowest BCUT2D eigenvalue weighted by atomic mass is 9.70. The van der Waals surface area contributed by atoms with Crippen LogP contribution in [0.15, 0.2) is 18.2 Å². The highest BCUT2D eigenvalue weighted by atomic mass is 16.5. The van der Waals surface area contributed by atoms with Gasteiger partial charge in [-0.1, -0.05) is 39.0 Å². The second-order valence-electron chi connectivity index (χ2n) is 10.3. The fraction of sp³-hybridized carbons (Fsp3) is 0.654. The summed E-state index contributed by atoms with van der Waals surface area (Å²) in [5.41, 5.74) is 1.50. The SMILES string of the molecule is CCCNC(=O)[C@@H]1[C@H]2C(=O)N([C@@H](CO)C(C)C)C(C(=O)Nc3c(C)cccc3C)C23CC[C@H]1O3. The van der Waals surface area contributed by atoms with Gasteiger partial charge in [-0.15, -0.1) is 0 Å². The maximum absolute atomic E-state index is 13.9. The minimum absolute atomic E-state index is 0.0794. The zero-order chi connectivity index (χ0) is 24.8. The van der Waals surface area contributed by atoms with E-state index in [4.69, 9.17) is 4.74 Å². The fourth-order valence-electron chi connectivity index (χ4n) is 6.24. The predicted molar refractivity (Wildman–Crippen MR) is 128 cm³/mol. The summed E-state index contributed by atoms with van der Waals surface area (Å²) in [5.74, 6) is -2.22. The Morgan fingerprint density at radius 3 is 2.50 bits per heavy atom. The summed E-state index contributed by atoms with van der Waals surface area (Å²) in [5, 5.41) is 16.2. The molecule has 1 aromatic rings. The number of hydrogen-bond donors (Lipinski definition) is 3. The number of rotatable bonds is 8. The van der Waals surface area contributed by atoms with Gasteiger partial charge < -0.3 is 25.4 Å². The smallest absolute Gasteiger partial charge is 0.250 e. The number of benzene rings is 1. The monoisotopic (exact) mass is 471 g/mol. The average molecular weight is 472 g/mol. The number of ether oxygens (including phenoxy) is 1. The number of hydrogen-bond acceptors (Lipinski definition) is 5. The minimum Gasteiger partial charge on any atom is -0.394 e. The summed E-state index contributed by atoms with van der Waals surface area (Å²) in [7, 11) is 0. The largest absolute Gasteiger partial charge is 0.394 e. The first kappa shape index (κ1) is 24.7. The van der Waals surface area contributed by atoms with Crippen molar-refractivity contribution in [1.29, 1.82) is 0 Å². The molecule has 186 valence electrons. The number of aliphatic hydroxyl groups is 1. The fourth-order valence-corrected chi connectivity index (χ4v) is 6.24. The Morgan fingerprint density at radius 2 is 1.91 bits per heavy atom. The molecule has 0 aliphatic carbocycles. The van der Waals surface area contributed by atoms with Crippen LogP contribution in [-0.2, 0) is 19.1 Å². The van der Waals surface area contributed by atoms with Crippen molar-refractivity contribution >= 4 is 23.4 Å². The highest BCUT2D eigenvalue weighted by Crippen LogP contribution is 2.59. The molecule has 3 amide bonds. The van der Waals surface area contributed by atoms with E-state index in [1.165, 1.54) is 4.90 Å². The lowest BCUT2D eigenvalue weighted by molar-refractivity contribution is -0.145. The molecule has 3 aliphatic rings. The molecule has 3 aliphatic heterocycles. The van der Waals surface area contributed by atoms with Crippen molar-refractivity contribution in [3.8, 4) is 0 Å². The van der Waals surface area contributed by atoms with E-state index in [-0.39, 0.29) is 36.4 Å². The van der Waals surface area contributed by atoms with E-state index >= 15 is 0 Å². The van der Waals surface area contributed by atoms with Gasteiger partial charge in [0.05, 0.1) is 30.6 Å². The van der Waals surface area contributed by atoms with E-state index in [1.807, 2.05) is 52.8 Å². The number of nitrogens with one attached hydrogen (secondary N) is 2. The van der Waals surface area contributed by atoms with E-state index < -0.39 is 29.5 Å². The maximum Gasteiger partial charge on any atom is 0.250 e. The number of carbonyl (C=O) groups is 3. The van der Waals surface area contributed by atoms with Crippen molar-refractivity contribution in [2.75, 3.05) is 18.5 Å². The van der Waals surface area contributed by atoms with Gasteiger partial charge in [-0.2, -0.15) is 0 Å². The average Bonchev–Trinajstić information content (AvgIpc) is 3.43. The first-order valence-electron chi connectivity index (χ1n) is 12.4. The van der Waals surface area contributed by atoms with Gasteiger partial charge in [-0.3, -0.25) is 14.4 Å². The number of carbonyl (C=O) groups excluding carboxylic acids is 3. The quantitative estimate of drug-likeness (QED) is 0.539. The van der Waals surface area contributed by atoms with Crippen molar-refractivity contribution in [1.82, 2.24) is 10.2 Å². The van der Waals surface area contributed by atoms with Gasteiger partial charge in [0.1, 0.15) is 11.6 Å². The molecular weight excluding hydrogens is 434 g/mol. The van der Waals surface area contributed by atoms with Crippen LogP contribution < -0.4 is 10.6 Å². The Labute approximate surface area is 201 Å². The van der Waals surface area contributed by atoms with Gasteiger partial charge in [-0.25, -0.2) is 0 Å². The Bertz CT molecular complexity index is 959. The van der Waals surface area contributed by atoms with Crippen molar-refractivity contribution in [2.24, 2.45) is 17.8 Å². The van der Waals surface area contributed by atoms with Crippen molar-refractivity contribution in [3.63, 3.8) is 0 Å². The van der Waals surface area contributed by atoms with Crippen molar-refractivity contribution in [3.05, 3.63) is 29.3 Å². The molecule has 0 radical (unpaired) electrons. The molecule has 1 aromatic carbocycles. The third-order valence-corrected chi connectivity index (χ3v) is 7.88. The second kappa shape index (κ2) is 9.30. The van der Waals surface area contributed by atoms with E-state index in [0.717, 1.165) is 23.2 Å². The summed E-state index contributed by atoms with van der Waals surface area (Å²) in [4.78, 5) is 42.5. The number of para-hydroxylation sites is 1. The minimum atomic E-state index is -1.07. The number of aryl methyl sites for hydroxylation is 2. The number of nitrogens with zero attached hydrogens (tertiary/aromatic N) is 1. The lowest BCUT2D eigenvalue weighted by Crippen LogP contribution is -2.57. The molecule has 8 nitrogen and oxygen atoms in total. The van der Waals surface area contributed by atoms with Gasteiger partial charge in [0.25, 0.3) is 0 Å². The summed E-state index contributed by atoms with van der Waals surface area (Å²) >= 11 is 0. The van der Waals surface area contributed by atoms with Crippen LogP contribution >= 0.6 is 0 Å². The van der Waals surface area contributed by atoms with Gasteiger partial charge >= 0.3 is 0 Å². The Hall–Kier alpha value is -2.45. The molecule has 8 heteroatoms. The first-order chi connectivity index (χ1) is 16.2.